The quantitative estimate of drug-likeness (QED) is 0.879. The van der Waals surface area contributed by atoms with E-state index in [0.29, 0.717) is 0 Å². The minimum absolute atomic E-state index is 0.151. The number of amides is 1. The Kier molecular flexibility index (Phi) is 6.01. The molecular formula is C22H29N3O2. The monoisotopic (exact) mass is 367 g/mol. The molecule has 1 aliphatic heterocycles. The Hall–Kier alpha value is -2.53. The van der Waals surface area contributed by atoms with Gasteiger partial charge < -0.3 is 19.9 Å². The summed E-state index contributed by atoms with van der Waals surface area (Å²) in [6, 6.07) is 14.0. The van der Waals surface area contributed by atoms with E-state index in [9.17, 15) is 4.79 Å². The van der Waals surface area contributed by atoms with Gasteiger partial charge in [0.2, 0.25) is 0 Å². The van der Waals surface area contributed by atoms with Crippen LogP contribution in [0, 0.1) is 13.8 Å². The third-order valence-electron chi connectivity index (χ3n) is 4.88. The molecule has 1 atom stereocenters. The zero-order valence-electron chi connectivity index (χ0n) is 16.7. The number of nitrogens with zero attached hydrogens (tertiary/aromatic N) is 2. The van der Waals surface area contributed by atoms with E-state index in [1.807, 2.05) is 38.1 Å². The van der Waals surface area contributed by atoms with Gasteiger partial charge >= 0.3 is 0 Å². The lowest BCUT2D eigenvalue weighted by molar-refractivity contribution is -0.122. The Morgan fingerprint density at radius 2 is 1.59 bits per heavy atom. The molecule has 1 fully saturated rings. The van der Waals surface area contributed by atoms with Crippen LogP contribution in [-0.4, -0.2) is 50.1 Å². The molecule has 5 heteroatoms. The molecule has 5 nitrogen and oxygen atoms in total. The number of likely N-dealkylation sites (N-methyl/N-ethyl adjacent to an activating group) is 1. The maximum absolute atomic E-state index is 12.5. The van der Waals surface area contributed by atoms with Crippen LogP contribution in [0.15, 0.2) is 42.5 Å². The lowest BCUT2D eigenvalue weighted by Crippen LogP contribution is -2.44. The molecule has 1 N–H and O–H groups in total. The second-order valence-corrected chi connectivity index (χ2v) is 7.41. The van der Waals surface area contributed by atoms with Crippen molar-refractivity contribution in [1.82, 2.24) is 4.90 Å². The summed E-state index contributed by atoms with van der Waals surface area (Å²) in [6.07, 6.45) is -0.566. The highest BCUT2D eigenvalue weighted by atomic mass is 16.5. The van der Waals surface area contributed by atoms with Crippen LogP contribution in [-0.2, 0) is 4.79 Å². The lowest BCUT2D eigenvalue weighted by atomic mass is 10.1. The number of hydrogen-bond acceptors (Lipinski definition) is 4. The fourth-order valence-corrected chi connectivity index (χ4v) is 3.32. The Labute approximate surface area is 161 Å². The van der Waals surface area contributed by atoms with E-state index in [4.69, 9.17) is 4.74 Å². The molecule has 0 aliphatic carbocycles. The zero-order chi connectivity index (χ0) is 19.4. The first-order valence-electron chi connectivity index (χ1n) is 9.50. The van der Waals surface area contributed by atoms with Crippen LogP contribution in [0.4, 0.5) is 11.4 Å². The molecule has 144 valence electrons. The summed E-state index contributed by atoms with van der Waals surface area (Å²) in [4.78, 5) is 17.2. The summed E-state index contributed by atoms with van der Waals surface area (Å²) in [6.45, 7) is 10.0. The van der Waals surface area contributed by atoms with E-state index in [2.05, 4.69) is 40.4 Å². The molecule has 2 aromatic carbocycles. The summed E-state index contributed by atoms with van der Waals surface area (Å²) >= 11 is 0. The van der Waals surface area contributed by atoms with E-state index in [1.165, 1.54) is 5.69 Å². The lowest BCUT2D eigenvalue weighted by Gasteiger charge is -2.34. The third-order valence-corrected chi connectivity index (χ3v) is 4.88. The maximum atomic E-state index is 12.5. The Balaban J connectivity index is 1.57. The first-order chi connectivity index (χ1) is 12.9. The minimum Gasteiger partial charge on any atom is -0.481 e. The van der Waals surface area contributed by atoms with Gasteiger partial charge in [-0.25, -0.2) is 0 Å². The highest BCUT2D eigenvalue weighted by molar-refractivity contribution is 5.94. The number of carbonyl (C=O) groups is 1. The smallest absolute Gasteiger partial charge is 0.265 e. The van der Waals surface area contributed by atoms with Gasteiger partial charge in [0.1, 0.15) is 5.75 Å². The minimum atomic E-state index is -0.566. The van der Waals surface area contributed by atoms with Gasteiger partial charge in [0.15, 0.2) is 6.10 Å². The number of aryl methyl sites for hydroxylation is 2. The second-order valence-electron chi connectivity index (χ2n) is 7.41. The molecule has 0 aromatic heterocycles. The Morgan fingerprint density at radius 1 is 1.00 bits per heavy atom. The maximum Gasteiger partial charge on any atom is 0.265 e. The summed E-state index contributed by atoms with van der Waals surface area (Å²) in [7, 11) is 2.15. The molecular weight excluding hydrogens is 338 g/mol. The normalized spacial score (nSPS) is 16.1. The largest absolute Gasteiger partial charge is 0.481 e. The fraction of sp³-hybridized carbons (Fsp3) is 0.409. The summed E-state index contributed by atoms with van der Waals surface area (Å²) in [5, 5.41) is 2.94. The van der Waals surface area contributed by atoms with E-state index in [0.717, 1.165) is 48.7 Å². The van der Waals surface area contributed by atoms with Crippen molar-refractivity contribution in [1.29, 1.82) is 0 Å². The molecule has 0 bridgehead atoms. The van der Waals surface area contributed by atoms with Gasteiger partial charge in [0, 0.05) is 37.6 Å². The van der Waals surface area contributed by atoms with Gasteiger partial charge in [0.25, 0.3) is 5.91 Å². The molecule has 1 aliphatic rings. The van der Waals surface area contributed by atoms with Crippen molar-refractivity contribution < 1.29 is 9.53 Å². The molecule has 0 saturated carbocycles. The Morgan fingerprint density at radius 3 is 2.19 bits per heavy atom. The molecule has 1 saturated heterocycles. The number of hydrogen-bond donors (Lipinski definition) is 1. The van der Waals surface area contributed by atoms with Crippen molar-refractivity contribution in [3.8, 4) is 5.75 Å². The van der Waals surface area contributed by atoms with Crippen LogP contribution in [0.25, 0.3) is 0 Å². The number of rotatable bonds is 5. The Bertz CT molecular complexity index is 760. The summed E-state index contributed by atoms with van der Waals surface area (Å²) < 4.78 is 5.81. The van der Waals surface area contributed by atoms with Gasteiger partial charge in [-0.15, -0.1) is 0 Å². The van der Waals surface area contributed by atoms with Gasteiger partial charge in [-0.3, -0.25) is 4.79 Å². The summed E-state index contributed by atoms with van der Waals surface area (Å²) in [5.41, 5.74) is 4.23. The van der Waals surface area contributed by atoms with E-state index in [1.54, 1.807) is 6.92 Å². The van der Waals surface area contributed by atoms with Crippen molar-refractivity contribution >= 4 is 17.3 Å². The number of carbonyl (C=O) groups excluding carboxylic acids is 1. The molecule has 3 rings (SSSR count). The van der Waals surface area contributed by atoms with Crippen molar-refractivity contribution in [3.63, 3.8) is 0 Å². The molecule has 27 heavy (non-hydrogen) atoms. The first-order valence-corrected chi connectivity index (χ1v) is 9.50. The molecule has 1 amide bonds. The van der Waals surface area contributed by atoms with Crippen molar-refractivity contribution in [2.75, 3.05) is 43.4 Å². The molecule has 2 aromatic rings. The standard InChI is InChI=1S/C22H29N3O2/c1-16-13-17(2)15-21(14-16)27-18(3)22(26)23-19-5-7-20(8-6-19)25-11-9-24(4)10-12-25/h5-8,13-15,18H,9-12H2,1-4H3,(H,23,26)/t18-/m1/s1. The highest BCUT2D eigenvalue weighted by Gasteiger charge is 2.17. The van der Waals surface area contributed by atoms with E-state index >= 15 is 0 Å². The predicted molar refractivity (Wildman–Crippen MR) is 111 cm³/mol. The fourth-order valence-electron chi connectivity index (χ4n) is 3.32. The number of piperazine rings is 1. The van der Waals surface area contributed by atoms with Gasteiger partial charge in [-0.1, -0.05) is 6.07 Å². The number of nitrogens with one attached hydrogen (secondary N) is 1. The van der Waals surface area contributed by atoms with Crippen LogP contribution in [0.2, 0.25) is 0 Å². The van der Waals surface area contributed by atoms with Gasteiger partial charge in [-0.05, 0) is 75.3 Å². The molecule has 0 radical (unpaired) electrons. The van der Waals surface area contributed by atoms with Gasteiger partial charge in [-0.2, -0.15) is 0 Å². The average molecular weight is 367 g/mol. The van der Waals surface area contributed by atoms with Crippen molar-refractivity contribution in [2.24, 2.45) is 0 Å². The second kappa shape index (κ2) is 8.44. The van der Waals surface area contributed by atoms with Crippen LogP contribution >= 0.6 is 0 Å². The molecule has 0 unspecified atom stereocenters. The topological polar surface area (TPSA) is 44.8 Å². The van der Waals surface area contributed by atoms with Crippen molar-refractivity contribution in [2.45, 2.75) is 26.9 Å². The van der Waals surface area contributed by atoms with Crippen molar-refractivity contribution in [3.05, 3.63) is 53.6 Å². The predicted octanol–water partition coefficient (Wildman–Crippen LogP) is 3.46. The molecule has 1 heterocycles. The summed E-state index contributed by atoms with van der Waals surface area (Å²) in [5.74, 6) is 0.571. The first kappa shape index (κ1) is 19.2. The van der Waals surface area contributed by atoms with Crippen LogP contribution in [0.3, 0.4) is 0 Å². The van der Waals surface area contributed by atoms with Crippen LogP contribution < -0.4 is 15.0 Å². The van der Waals surface area contributed by atoms with Crippen LogP contribution in [0.1, 0.15) is 18.1 Å². The van der Waals surface area contributed by atoms with Crippen LogP contribution in [0.5, 0.6) is 5.75 Å². The average Bonchev–Trinajstić information content (AvgIpc) is 2.62. The molecule has 0 spiro atoms. The van der Waals surface area contributed by atoms with E-state index in [-0.39, 0.29) is 5.91 Å². The van der Waals surface area contributed by atoms with E-state index < -0.39 is 6.10 Å². The third kappa shape index (κ3) is 5.23. The number of benzene rings is 2. The zero-order valence-corrected chi connectivity index (χ0v) is 16.7. The van der Waals surface area contributed by atoms with Gasteiger partial charge in [0.05, 0.1) is 0 Å². The highest BCUT2D eigenvalue weighted by Crippen LogP contribution is 2.21. The number of ether oxygens (including phenoxy) is 1. The SMILES string of the molecule is Cc1cc(C)cc(O[C@H](C)C(=O)Nc2ccc(N3CCN(C)CC3)cc2)c1. The number of anilines is 2.